The number of unbranched alkanes of at least 4 members (excludes halogenated alkanes) is 18. The van der Waals surface area contributed by atoms with Gasteiger partial charge in [0, 0.05) is 6.42 Å². The van der Waals surface area contributed by atoms with Crippen molar-refractivity contribution in [2.24, 2.45) is 0 Å². The minimum absolute atomic E-state index is 0.218. The van der Waals surface area contributed by atoms with E-state index in [4.69, 9.17) is 0 Å². The van der Waals surface area contributed by atoms with E-state index in [2.05, 4.69) is 16.4 Å². The van der Waals surface area contributed by atoms with Crippen LogP contribution in [0.25, 0.3) is 0 Å². The van der Waals surface area contributed by atoms with Gasteiger partial charge in [0.2, 0.25) is 5.84 Å². The second-order valence-electron chi connectivity index (χ2n) is 9.95. The van der Waals surface area contributed by atoms with Gasteiger partial charge in [-0.2, -0.15) is 0 Å². The Hall–Kier alpha value is -0.610. The standard InChI is InChI=1S/C28H57N2O2/c1-2-3-4-5-6-7-8-9-10-11-12-13-14-15-16-17-18-19-20-21-28-29(24-26-31)22-23-30(28)25-27-32/h31-32H,2-27H2,1H3/q+1. The molecule has 0 bridgehead atoms. The van der Waals surface area contributed by atoms with Crippen molar-refractivity contribution < 1.29 is 14.8 Å². The Morgan fingerprint density at radius 3 is 1.47 bits per heavy atom. The molecule has 0 saturated heterocycles. The molecule has 0 aliphatic carbocycles. The van der Waals surface area contributed by atoms with Gasteiger partial charge in [-0.3, -0.25) is 9.48 Å². The van der Waals surface area contributed by atoms with Gasteiger partial charge in [-0.15, -0.1) is 0 Å². The molecule has 0 aromatic rings. The first-order chi connectivity index (χ1) is 15.8. The maximum atomic E-state index is 9.27. The molecular weight excluding hydrogens is 396 g/mol. The second-order valence-corrected chi connectivity index (χ2v) is 9.95. The molecule has 0 aromatic carbocycles. The molecule has 0 spiro atoms. The highest BCUT2D eigenvalue weighted by atomic mass is 16.3. The van der Waals surface area contributed by atoms with Crippen LogP contribution >= 0.6 is 0 Å². The molecule has 0 unspecified atom stereocenters. The van der Waals surface area contributed by atoms with Crippen LogP contribution in [0.1, 0.15) is 135 Å². The number of nitrogens with zero attached hydrogens (tertiary/aromatic N) is 2. The van der Waals surface area contributed by atoms with Crippen molar-refractivity contribution in [2.45, 2.75) is 135 Å². The number of hydrogen-bond donors (Lipinski definition) is 2. The van der Waals surface area contributed by atoms with Crippen molar-refractivity contribution in [1.82, 2.24) is 4.90 Å². The molecular formula is C28H57N2O2+. The highest BCUT2D eigenvalue weighted by molar-refractivity contribution is 5.78. The van der Waals surface area contributed by atoms with Gasteiger partial charge in [-0.25, -0.2) is 0 Å². The second kappa shape index (κ2) is 22.2. The average molecular weight is 454 g/mol. The first-order valence-corrected chi connectivity index (χ1v) is 14.4. The van der Waals surface area contributed by atoms with Crippen molar-refractivity contribution in [3.8, 4) is 0 Å². The van der Waals surface area contributed by atoms with Crippen LogP contribution < -0.4 is 0 Å². The quantitative estimate of drug-likeness (QED) is 0.129. The van der Waals surface area contributed by atoms with Crippen LogP contribution in [0.3, 0.4) is 0 Å². The van der Waals surface area contributed by atoms with E-state index < -0.39 is 0 Å². The summed E-state index contributed by atoms with van der Waals surface area (Å²) < 4.78 is 2.31. The molecule has 0 atom stereocenters. The zero-order valence-corrected chi connectivity index (χ0v) is 21.7. The van der Waals surface area contributed by atoms with E-state index in [0.717, 1.165) is 32.6 Å². The van der Waals surface area contributed by atoms with Crippen LogP contribution in [0.4, 0.5) is 0 Å². The summed E-state index contributed by atoms with van der Waals surface area (Å²) in [5.74, 6) is 1.35. The maximum absolute atomic E-state index is 9.27. The fourth-order valence-corrected chi connectivity index (χ4v) is 5.10. The average Bonchev–Trinajstić information content (AvgIpc) is 3.17. The van der Waals surface area contributed by atoms with Gasteiger partial charge in [0.05, 0.1) is 13.2 Å². The molecule has 1 rings (SSSR count). The summed E-state index contributed by atoms with van der Waals surface area (Å²) in [6, 6.07) is 0. The van der Waals surface area contributed by atoms with E-state index in [0.29, 0.717) is 0 Å². The number of amidine groups is 1. The Balaban J connectivity index is 1.85. The van der Waals surface area contributed by atoms with Gasteiger partial charge in [0.25, 0.3) is 0 Å². The molecule has 32 heavy (non-hydrogen) atoms. The van der Waals surface area contributed by atoms with Crippen molar-refractivity contribution in [3.63, 3.8) is 0 Å². The normalized spacial score (nSPS) is 14.2. The lowest BCUT2D eigenvalue weighted by Gasteiger charge is -2.12. The number of β-amino-alcohol motifs (C(OH)–C–C–N with tert-alkyl or cyclic N) is 2. The van der Waals surface area contributed by atoms with Gasteiger partial charge in [-0.05, 0) is 6.42 Å². The van der Waals surface area contributed by atoms with Gasteiger partial charge in [0.1, 0.15) is 26.2 Å². The van der Waals surface area contributed by atoms with Crippen molar-refractivity contribution in [3.05, 3.63) is 0 Å². The van der Waals surface area contributed by atoms with Gasteiger partial charge < -0.3 is 10.2 Å². The zero-order valence-electron chi connectivity index (χ0n) is 21.7. The first-order valence-electron chi connectivity index (χ1n) is 14.4. The van der Waals surface area contributed by atoms with E-state index in [-0.39, 0.29) is 13.2 Å². The van der Waals surface area contributed by atoms with Crippen LogP contribution in [-0.4, -0.2) is 64.9 Å². The predicted molar refractivity (Wildman–Crippen MR) is 139 cm³/mol. The highest BCUT2D eigenvalue weighted by Crippen LogP contribution is 2.15. The van der Waals surface area contributed by atoms with E-state index >= 15 is 0 Å². The molecule has 2 N–H and O–H groups in total. The fourth-order valence-electron chi connectivity index (χ4n) is 5.10. The van der Waals surface area contributed by atoms with Crippen molar-refractivity contribution in [1.29, 1.82) is 0 Å². The smallest absolute Gasteiger partial charge is 0.247 e. The Morgan fingerprint density at radius 1 is 0.625 bits per heavy atom. The summed E-state index contributed by atoms with van der Waals surface area (Å²) in [7, 11) is 0. The van der Waals surface area contributed by atoms with Gasteiger partial charge in [-0.1, -0.05) is 122 Å². The van der Waals surface area contributed by atoms with E-state index in [1.807, 2.05) is 0 Å². The minimum Gasteiger partial charge on any atom is -0.392 e. The molecule has 0 saturated carbocycles. The van der Waals surface area contributed by atoms with Crippen LogP contribution in [-0.2, 0) is 0 Å². The van der Waals surface area contributed by atoms with Crippen LogP contribution in [0.5, 0.6) is 0 Å². The Morgan fingerprint density at radius 2 is 1.06 bits per heavy atom. The molecule has 0 amide bonds. The highest BCUT2D eigenvalue weighted by Gasteiger charge is 2.28. The molecule has 1 aliphatic rings. The molecule has 4 heteroatoms. The van der Waals surface area contributed by atoms with Crippen LogP contribution in [0.15, 0.2) is 0 Å². The lowest BCUT2D eigenvalue weighted by molar-refractivity contribution is -0.521. The van der Waals surface area contributed by atoms with Gasteiger partial charge in [0.15, 0.2) is 0 Å². The molecule has 0 aromatic heterocycles. The third kappa shape index (κ3) is 15.3. The number of aliphatic hydroxyl groups is 2. The Bertz CT molecular complexity index is 439. The Labute approximate surface area is 200 Å². The molecule has 0 fully saturated rings. The predicted octanol–water partition coefficient (Wildman–Crippen LogP) is 6.52. The summed E-state index contributed by atoms with van der Waals surface area (Å²) >= 11 is 0. The zero-order chi connectivity index (χ0) is 23.1. The van der Waals surface area contributed by atoms with E-state index in [1.54, 1.807) is 0 Å². The summed E-state index contributed by atoms with van der Waals surface area (Å²) in [4.78, 5) is 2.31. The van der Waals surface area contributed by atoms with Gasteiger partial charge >= 0.3 is 0 Å². The lowest BCUT2D eigenvalue weighted by Crippen LogP contribution is -2.32. The summed E-state index contributed by atoms with van der Waals surface area (Å²) in [5.41, 5.74) is 0. The Kier molecular flexibility index (Phi) is 20.4. The molecule has 1 aliphatic heterocycles. The topological polar surface area (TPSA) is 46.7 Å². The summed E-state index contributed by atoms with van der Waals surface area (Å²) in [6.07, 6.45) is 28.0. The van der Waals surface area contributed by atoms with Crippen molar-refractivity contribution in [2.75, 3.05) is 39.4 Å². The number of rotatable bonds is 24. The third-order valence-corrected chi connectivity index (χ3v) is 7.11. The third-order valence-electron chi connectivity index (χ3n) is 7.11. The lowest BCUT2D eigenvalue weighted by atomic mass is 10.0. The van der Waals surface area contributed by atoms with Crippen LogP contribution in [0.2, 0.25) is 0 Å². The molecule has 4 nitrogen and oxygen atoms in total. The monoisotopic (exact) mass is 453 g/mol. The molecule has 0 radical (unpaired) electrons. The number of hydrogen-bond acceptors (Lipinski definition) is 3. The first kappa shape index (κ1) is 29.4. The van der Waals surface area contributed by atoms with Crippen LogP contribution in [0, 0.1) is 0 Å². The van der Waals surface area contributed by atoms with Crippen molar-refractivity contribution >= 4 is 5.84 Å². The molecule has 190 valence electrons. The molecule has 1 heterocycles. The number of aliphatic hydroxyl groups excluding tert-OH is 2. The van der Waals surface area contributed by atoms with E-state index in [1.165, 1.54) is 128 Å². The minimum atomic E-state index is 0.218. The van der Waals surface area contributed by atoms with E-state index in [9.17, 15) is 10.2 Å². The maximum Gasteiger partial charge on any atom is 0.247 e. The largest absolute Gasteiger partial charge is 0.392 e. The summed E-state index contributed by atoms with van der Waals surface area (Å²) in [5, 5.41) is 18.5. The SMILES string of the molecule is CCCCCCCCCCCCCCCCCCCCCC1=[N+](CCO)CCN1CCO. The summed E-state index contributed by atoms with van der Waals surface area (Å²) in [6.45, 7) is 6.18. The fraction of sp³-hybridized carbons (Fsp3) is 0.964.